The second kappa shape index (κ2) is 5.01. The van der Waals surface area contributed by atoms with Crippen LogP contribution in [0.5, 0.6) is 0 Å². The highest BCUT2D eigenvalue weighted by Gasteiger charge is 2.33. The molecule has 3 amide bonds. The summed E-state index contributed by atoms with van der Waals surface area (Å²) in [5, 5.41) is 7.84. The van der Waals surface area contributed by atoms with Crippen molar-refractivity contribution in [3.8, 4) is 0 Å². The summed E-state index contributed by atoms with van der Waals surface area (Å²) < 4.78 is 0. The average Bonchev–Trinajstić information content (AvgIpc) is 2.44. The quantitative estimate of drug-likeness (QED) is 0.873. The van der Waals surface area contributed by atoms with E-state index in [0.29, 0.717) is 6.54 Å². The number of amidine groups is 1. The van der Waals surface area contributed by atoms with Crippen LogP contribution in [0.25, 0.3) is 0 Å². The lowest BCUT2D eigenvalue weighted by Crippen LogP contribution is -2.50. The summed E-state index contributed by atoms with van der Waals surface area (Å²) in [5.74, 6) is -0.536. The Hall–Kier alpha value is -2.50. The lowest BCUT2D eigenvalue weighted by molar-refractivity contribution is -0.120. The van der Waals surface area contributed by atoms with E-state index in [9.17, 15) is 9.59 Å². The molecule has 98 valence electrons. The number of hydrogen-bond donors (Lipinski definition) is 1. The van der Waals surface area contributed by atoms with Crippen molar-refractivity contribution >= 4 is 29.2 Å². The molecule has 0 aliphatic carbocycles. The van der Waals surface area contributed by atoms with Crippen molar-refractivity contribution < 1.29 is 9.59 Å². The first kappa shape index (κ1) is 12.9. The third kappa shape index (κ3) is 2.24. The van der Waals surface area contributed by atoms with E-state index in [1.54, 1.807) is 4.90 Å². The highest BCUT2D eigenvalue weighted by atomic mass is 16.2. The maximum atomic E-state index is 11.8. The first-order valence-corrected chi connectivity index (χ1v) is 5.88. The highest BCUT2D eigenvalue weighted by molar-refractivity contribution is 6.70. The number of nitrogens with zero attached hydrogens (tertiary/aromatic N) is 3. The van der Waals surface area contributed by atoms with Gasteiger partial charge in [-0.3, -0.25) is 15.1 Å². The number of hydrogen-bond acceptors (Lipinski definition) is 4. The van der Waals surface area contributed by atoms with Gasteiger partial charge in [0.05, 0.1) is 0 Å². The van der Waals surface area contributed by atoms with Gasteiger partial charge in [0.25, 0.3) is 5.91 Å². The molecule has 19 heavy (non-hydrogen) atoms. The molecule has 0 atom stereocenters. The molecule has 1 heterocycles. The molecule has 1 N–H and O–H groups in total. The number of amides is 3. The van der Waals surface area contributed by atoms with Gasteiger partial charge in [-0.15, -0.1) is 0 Å². The SMILES string of the molecule is CCN(C1=NC(=O)N(C)C(=O)C1=N)c1ccccc1. The van der Waals surface area contributed by atoms with Crippen LogP contribution < -0.4 is 4.90 Å². The molecule has 1 aliphatic rings. The Kier molecular flexibility index (Phi) is 3.41. The fourth-order valence-corrected chi connectivity index (χ4v) is 1.83. The van der Waals surface area contributed by atoms with E-state index in [1.807, 2.05) is 37.3 Å². The zero-order chi connectivity index (χ0) is 14.0. The molecule has 0 radical (unpaired) electrons. The van der Waals surface area contributed by atoms with E-state index >= 15 is 0 Å². The summed E-state index contributed by atoms with van der Waals surface area (Å²) in [5.41, 5.74) is 0.520. The number of imide groups is 1. The van der Waals surface area contributed by atoms with E-state index in [-0.39, 0.29) is 11.5 Å². The first-order chi connectivity index (χ1) is 9.06. The van der Waals surface area contributed by atoms with E-state index in [0.717, 1.165) is 10.6 Å². The van der Waals surface area contributed by atoms with Crippen molar-refractivity contribution in [2.75, 3.05) is 18.5 Å². The van der Waals surface area contributed by atoms with Crippen molar-refractivity contribution in [2.24, 2.45) is 4.99 Å². The molecule has 0 saturated heterocycles. The lowest BCUT2D eigenvalue weighted by Gasteiger charge is -2.28. The van der Waals surface area contributed by atoms with Gasteiger partial charge in [0.1, 0.15) is 0 Å². The Bertz CT molecular complexity index is 565. The Morgan fingerprint density at radius 3 is 2.47 bits per heavy atom. The van der Waals surface area contributed by atoms with Gasteiger partial charge in [-0.05, 0) is 19.1 Å². The third-order valence-electron chi connectivity index (χ3n) is 2.87. The van der Waals surface area contributed by atoms with Gasteiger partial charge in [-0.1, -0.05) is 18.2 Å². The summed E-state index contributed by atoms with van der Waals surface area (Å²) in [6.07, 6.45) is 0. The number of benzene rings is 1. The van der Waals surface area contributed by atoms with Crippen LogP contribution in [0.1, 0.15) is 6.92 Å². The molecule has 0 fully saturated rings. The van der Waals surface area contributed by atoms with Gasteiger partial charge in [0, 0.05) is 19.3 Å². The topological polar surface area (TPSA) is 76.8 Å². The second-order valence-electron chi connectivity index (χ2n) is 4.04. The molecular formula is C13H14N4O2. The number of nitrogens with one attached hydrogen (secondary N) is 1. The Morgan fingerprint density at radius 2 is 1.89 bits per heavy atom. The van der Waals surface area contributed by atoms with E-state index < -0.39 is 11.9 Å². The van der Waals surface area contributed by atoms with Gasteiger partial charge in [-0.2, -0.15) is 4.99 Å². The normalized spacial score (nSPS) is 15.6. The molecule has 1 aliphatic heterocycles. The molecule has 0 unspecified atom stereocenters. The van der Waals surface area contributed by atoms with Crippen LogP contribution in [0, 0.1) is 5.41 Å². The van der Waals surface area contributed by atoms with Gasteiger partial charge in [-0.25, -0.2) is 4.79 Å². The van der Waals surface area contributed by atoms with Crippen molar-refractivity contribution in [2.45, 2.75) is 6.92 Å². The standard InChI is InChI=1S/C13H14N4O2/c1-3-17(9-7-5-4-6-8-9)11-10(14)12(18)16(2)13(19)15-11/h4-8,14H,3H2,1-2H3. The molecule has 1 aromatic rings. The minimum Gasteiger partial charge on any atom is -0.325 e. The van der Waals surface area contributed by atoms with Crippen LogP contribution >= 0.6 is 0 Å². The fraction of sp³-hybridized carbons (Fsp3) is 0.231. The van der Waals surface area contributed by atoms with Gasteiger partial charge < -0.3 is 4.90 Å². The minimum absolute atomic E-state index is 0.0989. The molecule has 0 aromatic heterocycles. The summed E-state index contributed by atoms with van der Waals surface area (Å²) in [6, 6.07) is 8.60. The molecule has 6 heteroatoms. The number of carbonyl (C=O) groups is 2. The van der Waals surface area contributed by atoms with Crippen LogP contribution in [0.2, 0.25) is 0 Å². The van der Waals surface area contributed by atoms with Crippen LogP contribution in [0.15, 0.2) is 35.3 Å². The molecular weight excluding hydrogens is 244 g/mol. The Balaban J connectivity index is 2.44. The van der Waals surface area contributed by atoms with Crippen LogP contribution in [-0.2, 0) is 4.79 Å². The highest BCUT2D eigenvalue weighted by Crippen LogP contribution is 2.16. The predicted molar refractivity (Wildman–Crippen MR) is 72.8 cm³/mol. The minimum atomic E-state index is -0.648. The predicted octanol–water partition coefficient (Wildman–Crippen LogP) is 1.52. The Labute approximate surface area is 110 Å². The van der Waals surface area contributed by atoms with E-state index in [2.05, 4.69) is 4.99 Å². The van der Waals surface area contributed by atoms with Crippen molar-refractivity contribution in [3.05, 3.63) is 30.3 Å². The molecule has 6 nitrogen and oxygen atoms in total. The molecule has 0 spiro atoms. The maximum Gasteiger partial charge on any atom is 0.352 e. The monoisotopic (exact) mass is 258 g/mol. The number of rotatable bonds is 2. The lowest BCUT2D eigenvalue weighted by atomic mass is 10.2. The summed E-state index contributed by atoms with van der Waals surface area (Å²) in [6.45, 7) is 2.38. The van der Waals surface area contributed by atoms with Crippen LogP contribution in [-0.4, -0.2) is 42.0 Å². The van der Waals surface area contributed by atoms with E-state index in [4.69, 9.17) is 5.41 Å². The summed E-state index contributed by atoms with van der Waals surface area (Å²) in [7, 11) is 1.32. The van der Waals surface area contributed by atoms with Gasteiger partial charge in [0.15, 0.2) is 11.5 Å². The maximum absolute atomic E-state index is 11.8. The van der Waals surface area contributed by atoms with Crippen molar-refractivity contribution in [1.29, 1.82) is 5.41 Å². The zero-order valence-corrected chi connectivity index (χ0v) is 10.8. The smallest absolute Gasteiger partial charge is 0.325 e. The second-order valence-corrected chi connectivity index (χ2v) is 4.04. The fourth-order valence-electron chi connectivity index (χ4n) is 1.83. The zero-order valence-electron chi connectivity index (χ0n) is 10.8. The number of aliphatic imine (C=N–C) groups is 1. The number of urea groups is 1. The van der Waals surface area contributed by atoms with Gasteiger partial charge >= 0.3 is 6.03 Å². The summed E-state index contributed by atoms with van der Waals surface area (Å²) in [4.78, 5) is 29.7. The number of anilines is 1. The molecule has 0 saturated carbocycles. The molecule has 0 bridgehead atoms. The number of carbonyl (C=O) groups excluding carboxylic acids is 2. The summed E-state index contributed by atoms with van der Waals surface area (Å²) >= 11 is 0. The third-order valence-corrected chi connectivity index (χ3v) is 2.87. The number of para-hydroxylation sites is 1. The van der Waals surface area contributed by atoms with Crippen LogP contribution in [0.3, 0.4) is 0 Å². The largest absolute Gasteiger partial charge is 0.352 e. The van der Waals surface area contributed by atoms with Crippen molar-refractivity contribution in [1.82, 2.24) is 4.90 Å². The molecule has 2 rings (SSSR count). The van der Waals surface area contributed by atoms with Crippen molar-refractivity contribution in [3.63, 3.8) is 0 Å². The van der Waals surface area contributed by atoms with Gasteiger partial charge in [0.2, 0.25) is 0 Å². The molecule has 1 aromatic carbocycles. The van der Waals surface area contributed by atoms with Crippen LogP contribution in [0.4, 0.5) is 10.5 Å². The Morgan fingerprint density at radius 1 is 1.26 bits per heavy atom. The average molecular weight is 258 g/mol. The van der Waals surface area contributed by atoms with E-state index in [1.165, 1.54) is 7.05 Å². The first-order valence-electron chi connectivity index (χ1n) is 5.88.